The van der Waals surface area contributed by atoms with Crippen LogP contribution in [0.5, 0.6) is 11.5 Å². The van der Waals surface area contributed by atoms with Gasteiger partial charge in [0.2, 0.25) is 5.91 Å². The molecule has 1 heterocycles. The second-order valence-corrected chi connectivity index (χ2v) is 9.08. The van der Waals surface area contributed by atoms with Gasteiger partial charge in [0.15, 0.2) is 11.5 Å². The summed E-state index contributed by atoms with van der Waals surface area (Å²) in [6, 6.07) is 17.4. The molecular formula is C27H24Cl2N2O5. The Morgan fingerprint density at radius 1 is 0.917 bits per heavy atom. The Bertz CT molecular complexity index is 1280. The van der Waals surface area contributed by atoms with E-state index < -0.39 is 11.9 Å². The van der Waals surface area contributed by atoms with Gasteiger partial charge in [0.1, 0.15) is 6.04 Å². The van der Waals surface area contributed by atoms with E-state index >= 15 is 0 Å². The van der Waals surface area contributed by atoms with Gasteiger partial charge >= 0.3 is 0 Å². The average molecular weight is 527 g/mol. The van der Waals surface area contributed by atoms with Gasteiger partial charge in [-0.25, -0.2) is 4.90 Å². The molecule has 0 aliphatic carbocycles. The molecular weight excluding hydrogens is 503 g/mol. The number of hydrogen-bond acceptors (Lipinski definition) is 5. The van der Waals surface area contributed by atoms with Gasteiger partial charge in [-0.1, -0.05) is 29.3 Å². The van der Waals surface area contributed by atoms with Crippen LogP contribution in [0.3, 0.4) is 0 Å². The summed E-state index contributed by atoms with van der Waals surface area (Å²) in [5.41, 5.74) is 1.67. The number of imide groups is 1. The van der Waals surface area contributed by atoms with E-state index in [4.69, 9.17) is 32.7 Å². The Morgan fingerprint density at radius 2 is 1.53 bits per heavy atom. The molecule has 0 radical (unpaired) electrons. The van der Waals surface area contributed by atoms with Crippen molar-refractivity contribution in [1.82, 2.24) is 4.90 Å². The zero-order chi connectivity index (χ0) is 25.8. The van der Waals surface area contributed by atoms with Gasteiger partial charge in [-0.05, 0) is 72.6 Å². The third-order valence-electron chi connectivity index (χ3n) is 6.03. The van der Waals surface area contributed by atoms with Gasteiger partial charge in [0, 0.05) is 22.2 Å². The van der Waals surface area contributed by atoms with Crippen LogP contribution in [-0.4, -0.2) is 49.4 Å². The van der Waals surface area contributed by atoms with Crippen molar-refractivity contribution in [3.8, 4) is 11.5 Å². The molecule has 3 aromatic rings. The molecule has 4 rings (SSSR count). The van der Waals surface area contributed by atoms with E-state index in [0.29, 0.717) is 39.2 Å². The minimum atomic E-state index is -0.948. The normalized spacial score (nSPS) is 15.2. The second-order valence-electron chi connectivity index (χ2n) is 8.21. The number of methoxy groups -OCH3 is 2. The molecule has 0 aromatic heterocycles. The van der Waals surface area contributed by atoms with E-state index in [1.165, 1.54) is 4.90 Å². The SMILES string of the molecule is COc1ccc(CCN(C(=O)c2ccc(Cl)cc2)[C@H]2CC(=O)N(c3ccc(Cl)cc3)C2=O)cc1OC. The number of ether oxygens (including phenoxy) is 2. The van der Waals surface area contributed by atoms with Crippen LogP contribution in [0.2, 0.25) is 10.0 Å². The van der Waals surface area contributed by atoms with Crippen molar-refractivity contribution in [2.45, 2.75) is 18.9 Å². The van der Waals surface area contributed by atoms with E-state index in [2.05, 4.69) is 0 Å². The Balaban J connectivity index is 1.63. The lowest BCUT2D eigenvalue weighted by Crippen LogP contribution is -2.46. The van der Waals surface area contributed by atoms with E-state index in [9.17, 15) is 14.4 Å². The number of carbonyl (C=O) groups excluding carboxylic acids is 3. The second kappa shape index (κ2) is 11.0. The Labute approximate surface area is 219 Å². The third kappa shape index (κ3) is 5.32. The summed E-state index contributed by atoms with van der Waals surface area (Å²) in [6.45, 7) is 0.203. The smallest absolute Gasteiger partial charge is 0.257 e. The molecule has 7 nitrogen and oxygen atoms in total. The summed E-state index contributed by atoms with van der Waals surface area (Å²) in [6.07, 6.45) is 0.311. The van der Waals surface area contributed by atoms with Crippen molar-refractivity contribution < 1.29 is 23.9 Å². The molecule has 0 unspecified atom stereocenters. The maximum absolute atomic E-state index is 13.6. The van der Waals surface area contributed by atoms with E-state index in [-0.39, 0.29) is 24.8 Å². The van der Waals surface area contributed by atoms with Gasteiger partial charge in [-0.2, -0.15) is 0 Å². The zero-order valence-electron chi connectivity index (χ0n) is 19.7. The summed E-state index contributed by atoms with van der Waals surface area (Å²) in [5.74, 6) is -0.0577. The number of hydrogen-bond donors (Lipinski definition) is 0. The summed E-state index contributed by atoms with van der Waals surface area (Å²) in [7, 11) is 3.10. The highest BCUT2D eigenvalue weighted by Gasteiger charge is 2.44. The molecule has 0 spiro atoms. The van der Waals surface area contributed by atoms with Gasteiger partial charge in [-0.15, -0.1) is 0 Å². The Kier molecular flexibility index (Phi) is 7.82. The van der Waals surface area contributed by atoms with Gasteiger partial charge < -0.3 is 14.4 Å². The maximum atomic E-state index is 13.6. The number of halogens is 2. The number of benzene rings is 3. The first-order valence-corrected chi connectivity index (χ1v) is 12.0. The first-order valence-electron chi connectivity index (χ1n) is 11.2. The fourth-order valence-corrected chi connectivity index (χ4v) is 4.42. The molecule has 1 atom stereocenters. The van der Waals surface area contributed by atoms with Crippen molar-refractivity contribution in [1.29, 1.82) is 0 Å². The zero-order valence-corrected chi connectivity index (χ0v) is 21.3. The van der Waals surface area contributed by atoms with Crippen LogP contribution in [0.15, 0.2) is 66.7 Å². The van der Waals surface area contributed by atoms with Crippen LogP contribution in [0.1, 0.15) is 22.3 Å². The highest BCUT2D eigenvalue weighted by atomic mass is 35.5. The molecule has 0 saturated carbocycles. The quantitative estimate of drug-likeness (QED) is 0.385. The molecule has 0 N–H and O–H groups in total. The molecule has 36 heavy (non-hydrogen) atoms. The van der Waals surface area contributed by atoms with Crippen molar-refractivity contribution in [2.75, 3.05) is 25.7 Å². The van der Waals surface area contributed by atoms with E-state index in [1.54, 1.807) is 68.8 Å². The summed E-state index contributed by atoms with van der Waals surface area (Å²) in [5, 5.41) is 0.980. The van der Waals surface area contributed by atoms with E-state index in [0.717, 1.165) is 10.5 Å². The average Bonchev–Trinajstić information content (AvgIpc) is 3.18. The number of carbonyl (C=O) groups is 3. The van der Waals surface area contributed by atoms with Crippen molar-refractivity contribution in [3.63, 3.8) is 0 Å². The molecule has 3 amide bonds. The molecule has 1 aliphatic rings. The molecule has 3 aromatic carbocycles. The van der Waals surface area contributed by atoms with Gasteiger partial charge in [0.05, 0.1) is 26.3 Å². The monoisotopic (exact) mass is 526 g/mol. The summed E-state index contributed by atoms with van der Waals surface area (Å²) in [4.78, 5) is 42.5. The van der Waals surface area contributed by atoms with Crippen LogP contribution < -0.4 is 14.4 Å². The maximum Gasteiger partial charge on any atom is 0.257 e. The first kappa shape index (κ1) is 25.5. The molecule has 9 heteroatoms. The number of nitrogens with zero attached hydrogens (tertiary/aromatic N) is 2. The lowest BCUT2D eigenvalue weighted by molar-refractivity contribution is -0.122. The summed E-state index contributed by atoms with van der Waals surface area (Å²) >= 11 is 12.0. The highest BCUT2D eigenvalue weighted by molar-refractivity contribution is 6.31. The van der Waals surface area contributed by atoms with Crippen molar-refractivity contribution in [2.24, 2.45) is 0 Å². The van der Waals surface area contributed by atoms with Crippen LogP contribution in [-0.2, 0) is 16.0 Å². The lowest BCUT2D eigenvalue weighted by Gasteiger charge is -2.28. The fraction of sp³-hybridized carbons (Fsp3) is 0.222. The molecule has 1 saturated heterocycles. The fourth-order valence-electron chi connectivity index (χ4n) is 4.16. The van der Waals surface area contributed by atoms with Crippen LogP contribution in [0, 0.1) is 0 Å². The largest absolute Gasteiger partial charge is 0.493 e. The van der Waals surface area contributed by atoms with Gasteiger partial charge in [0.25, 0.3) is 11.8 Å². The predicted octanol–water partition coefficient (Wildman–Crippen LogP) is 5.03. The van der Waals surface area contributed by atoms with Crippen molar-refractivity contribution in [3.05, 3.63) is 87.9 Å². The number of rotatable bonds is 8. The molecule has 1 fully saturated rings. The van der Waals surface area contributed by atoms with E-state index in [1.807, 2.05) is 12.1 Å². The summed E-state index contributed by atoms with van der Waals surface area (Å²) < 4.78 is 10.7. The minimum Gasteiger partial charge on any atom is -0.493 e. The minimum absolute atomic E-state index is 0.118. The topological polar surface area (TPSA) is 76.2 Å². The third-order valence-corrected chi connectivity index (χ3v) is 6.53. The molecule has 0 bridgehead atoms. The van der Waals surface area contributed by atoms with Crippen molar-refractivity contribution >= 4 is 46.6 Å². The van der Waals surface area contributed by atoms with Crippen LogP contribution in [0.25, 0.3) is 0 Å². The Hall–Kier alpha value is -3.55. The van der Waals surface area contributed by atoms with Crippen LogP contribution >= 0.6 is 23.2 Å². The predicted molar refractivity (Wildman–Crippen MR) is 138 cm³/mol. The highest BCUT2D eigenvalue weighted by Crippen LogP contribution is 2.30. The Morgan fingerprint density at radius 3 is 2.14 bits per heavy atom. The number of amides is 3. The molecule has 1 aliphatic heterocycles. The lowest BCUT2D eigenvalue weighted by atomic mass is 10.1. The van der Waals surface area contributed by atoms with Gasteiger partial charge in [-0.3, -0.25) is 14.4 Å². The first-order chi connectivity index (χ1) is 17.3. The standard InChI is InChI=1S/C27H24Cl2N2O5/c1-35-23-12-3-17(15-24(23)36-2)13-14-30(26(33)18-4-6-19(28)7-5-18)22-16-25(32)31(27(22)34)21-10-8-20(29)9-11-21/h3-12,15,22H,13-14,16H2,1-2H3/t22-/m0/s1. The number of anilines is 1. The van der Waals surface area contributed by atoms with Crippen LogP contribution in [0.4, 0.5) is 5.69 Å². The molecule has 186 valence electrons.